The second-order valence-corrected chi connectivity index (χ2v) is 6.72. The van der Waals surface area contributed by atoms with Crippen molar-refractivity contribution in [3.63, 3.8) is 0 Å². The SMILES string of the molecule is Cc1cc(C)n(Cc2c(C(=O)NCCc3ccc(Cl)cc3)noc2C)n1. The third-order valence-corrected chi connectivity index (χ3v) is 4.48. The molecule has 0 saturated carbocycles. The van der Waals surface area contributed by atoms with E-state index in [4.69, 9.17) is 16.1 Å². The van der Waals surface area contributed by atoms with Crippen LogP contribution in [-0.2, 0) is 13.0 Å². The summed E-state index contributed by atoms with van der Waals surface area (Å²) in [4.78, 5) is 12.5. The molecule has 0 unspecified atom stereocenters. The summed E-state index contributed by atoms with van der Waals surface area (Å²) in [7, 11) is 0. The molecule has 1 N–H and O–H groups in total. The number of aromatic nitrogens is 3. The number of amides is 1. The van der Waals surface area contributed by atoms with E-state index in [2.05, 4.69) is 15.6 Å². The summed E-state index contributed by atoms with van der Waals surface area (Å²) in [6.45, 7) is 6.68. The maximum absolute atomic E-state index is 12.5. The minimum absolute atomic E-state index is 0.243. The first kappa shape index (κ1) is 18.2. The van der Waals surface area contributed by atoms with Crippen molar-refractivity contribution in [1.29, 1.82) is 0 Å². The van der Waals surface area contributed by atoms with Gasteiger partial charge >= 0.3 is 0 Å². The highest BCUT2D eigenvalue weighted by Crippen LogP contribution is 2.16. The summed E-state index contributed by atoms with van der Waals surface area (Å²) >= 11 is 5.88. The van der Waals surface area contributed by atoms with E-state index in [-0.39, 0.29) is 5.91 Å². The van der Waals surface area contributed by atoms with Crippen LogP contribution in [0.5, 0.6) is 0 Å². The van der Waals surface area contributed by atoms with Crippen molar-refractivity contribution in [2.75, 3.05) is 6.54 Å². The van der Waals surface area contributed by atoms with E-state index in [9.17, 15) is 4.79 Å². The summed E-state index contributed by atoms with van der Waals surface area (Å²) in [5.41, 5.74) is 4.13. The Morgan fingerprint density at radius 3 is 2.62 bits per heavy atom. The zero-order chi connectivity index (χ0) is 18.7. The molecule has 7 heteroatoms. The standard InChI is InChI=1S/C19H21ClN4O2/c1-12-10-13(2)24(22-12)11-17-14(3)26-23-18(17)19(25)21-9-8-15-4-6-16(20)7-5-15/h4-7,10H,8-9,11H2,1-3H3,(H,21,25). The lowest BCUT2D eigenvalue weighted by atomic mass is 10.1. The molecule has 0 aliphatic rings. The van der Waals surface area contributed by atoms with E-state index in [0.29, 0.717) is 36.0 Å². The highest BCUT2D eigenvalue weighted by Gasteiger charge is 2.20. The van der Waals surface area contributed by atoms with E-state index in [1.807, 2.05) is 48.9 Å². The normalized spacial score (nSPS) is 10.9. The Kier molecular flexibility index (Phi) is 5.42. The fraction of sp³-hybridized carbons (Fsp3) is 0.316. The number of benzene rings is 1. The lowest BCUT2D eigenvalue weighted by Crippen LogP contribution is -2.27. The number of carbonyl (C=O) groups is 1. The van der Waals surface area contributed by atoms with Gasteiger partial charge in [-0.05, 0) is 51.0 Å². The molecule has 1 amide bonds. The molecule has 3 rings (SSSR count). The average Bonchev–Trinajstić information content (AvgIpc) is 3.12. The van der Waals surface area contributed by atoms with Gasteiger partial charge in [0, 0.05) is 22.8 Å². The van der Waals surface area contributed by atoms with E-state index in [1.54, 1.807) is 6.92 Å². The molecule has 3 aromatic rings. The van der Waals surface area contributed by atoms with Gasteiger partial charge in [0.25, 0.3) is 5.91 Å². The molecular formula is C19H21ClN4O2. The quantitative estimate of drug-likeness (QED) is 0.719. The van der Waals surface area contributed by atoms with Gasteiger partial charge in [0.05, 0.1) is 12.2 Å². The Bertz CT molecular complexity index is 912. The Hall–Kier alpha value is -2.60. The predicted octanol–water partition coefficient (Wildman–Crippen LogP) is 3.47. The minimum Gasteiger partial charge on any atom is -0.361 e. The second-order valence-electron chi connectivity index (χ2n) is 6.28. The van der Waals surface area contributed by atoms with Crippen molar-refractivity contribution >= 4 is 17.5 Å². The number of nitrogens with one attached hydrogen (secondary N) is 1. The first-order valence-electron chi connectivity index (χ1n) is 8.43. The van der Waals surface area contributed by atoms with Gasteiger partial charge in [-0.15, -0.1) is 0 Å². The number of nitrogens with zero attached hydrogens (tertiary/aromatic N) is 3. The summed E-state index contributed by atoms with van der Waals surface area (Å²) in [6.07, 6.45) is 0.715. The number of halogens is 1. The van der Waals surface area contributed by atoms with Crippen molar-refractivity contribution in [3.05, 3.63) is 69.3 Å². The van der Waals surface area contributed by atoms with Gasteiger partial charge in [0.15, 0.2) is 5.69 Å². The number of aryl methyl sites for hydroxylation is 3. The maximum atomic E-state index is 12.5. The third-order valence-electron chi connectivity index (χ3n) is 4.22. The molecule has 0 spiro atoms. The Morgan fingerprint density at radius 1 is 1.23 bits per heavy atom. The van der Waals surface area contributed by atoms with Crippen molar-refractivity contribution < 1.29 is 9.32 Å². The van der Waals surface area contributed by atoms with Crippen molar-refractivity contribution in [1.82, 2.24) is 20.3 Å². The van der Waals surface area contributed by atoms with Crippen LogP contribution in [0.3, 0.4) is 0 Å². The minimum atomic E-state index is -0.243. The van der Waals surface area contributed by atoms with Crippen LogP contribution < -0.4 is 5.32 Å². The van der Waals surface area contributed by atoms with Gasteiger partial charge in [-0.1, -0.05) is 28.9 Å². The van der Waals surface area contributed by atoms with Crippen LogP contribution in [0.1, 0.15) is 38.8 Å². The monoisotopic (exact) mass is 372 g/mol. The number of hydrogen-bond donors (Lipinski definition) is 1. The summed E-state index contributed by atoms with van der Waals surface area (Å²) in [6, 6.07) is 9.57. The van der Waals surface area contributed by atoms with E-state index in [1.165, 1.54) is 0 Å². The van der Waals surface area contributed by atoms with Gasteiger partial charge in [0.1, 0.15) is 5.76 Å². The molecule has 0 aliphatic heterocycles. The van der Waals surface area contributed by atoms with E-state index < -0.39 is 0 Å². The number of rotatable bonds is 6. The number of carbonyl (C=O) groups excluding carboxylic acids is 1. The molecule has 136 valence electrons. The fourth-order valence-corrected chi connectivity index (χ4v) is 2.92. The Morgan fingerprint density at radius 2 is 1.96 bits per heavy atom. The zero-order valence-electron chi connectivity index (χ0n) is 15.0. The molecule has 2 heterocycles. The van der Waals surface area contributed by atoms with Gasteiger partial charge in [-0.25, -0.2) is 0 Å². The van der Waals surface area contributed by atoms with Crippen molar-refractivity contribution in [2.24, 2.45) is 0 Å². The maximum Gasteiger partial charge on any atom is 0.273 e. The highest BCUT2D eigenvalue weighted by atomic mass is 35.5. The van der Waals surface area contributed by atoms with Gasteiger partial charge in [-0.2, -0.15) is 5.10 Å². The fourth-order valence-electron chi connectivity index (χ4n) is 2.80. The largest absolute Gasteiger partial charge is 0.361 e. The Balaban J connectivity index is 1.66. The van der Waals surface area contributed by atoms with Crippen molar-refractivity contribution in [2.45, 2.75) is 33.7 Å². The highest BCUT2D eigenvalue weighted by molar-refractivity contribution is 6.30. The van der Waals surface area contributed by atoms with Gasteiger partial charge in [0.2, 0.25) is 0 Å². The molecule has 0 fully saturated rings. The van der Waals surface area contributed by atoms with Crippen LogP contribution in [0.15, 0.2) is 34.9 Å². The molecule has 0 atom stereocenters. The molecule has 26 heavy (non-hydrogen) atoms. The van der Waals surface area contributed by atoms with Crippen LogP contribution in [-0.4, -0.2) is 27.4 Å². The molecule has 0 bridgehead atoms. The molecule has 1 aromatic carbocycles. The van der Waals surface area contributed by atoms with Crippen LogP contribution in [0.2, 0.25) is 5.02 Å². The Labute approximate surface area is 157 Å². The lowest BCUT2D eigenvalue weighted by molar-refractivity contribution is 0.0944. The lowest BCUT2D eigenvalue weighted by Gasteiger charge is -2.07. The van der Waals surface area contributed by atoms with Crippen LogP contribution >= 0.6 is 11.6 Å². The molecule has 0 aliphatic carbocycles. The van der Waals surface area contributed by atoms with Crippen LogP contribution in [0, 0.1) is 20.8 Å². The van der Waals surface area contributed by atoms with E-state index in [0.717, 1.165) is 22.5 Å². The number of hydrogen-bond acceptors (Lipinski definition) is 4. The average molecular weight is 373 g/mol. The van der Waals surface area contributed by atoms with Gasteiger partial charge in [-0.3, -0.25) is 9.48 Å². The summed E-state index contributed by atoms with van der Waals surface area (Å²) in [5.74, 6) is 0.382. The first-order chi connectivity index (χ1) is 12.4. The molecule has 0 saturated heterocycles. The molecule has 2 aromatic heterocycles. The predicted molar refractivity (Wildman–Crippen MR) is 99.5 cm³/mol. The third kappa shape index (κ3) is 4.14. The van der Waals surface area contributed by atoms with Crippen LogP contribution in [0.25, 0.3) is 0 Å². The zero-order valence-corrected chi connectivity index (χ0v) is 15.8. The molecule has 6 nitrogen and oxygen atoms in total. The molecular weight excluding hydrogens is 352 g/mol. The van der Waals surface area contributed by atoms with E-state index >= 15 is 0 Å². The summed E-state index contributed by atoms with van der Waals surface area (Å²) < 4.78 is 7.09. The summed E-state index contributed by atoms with van der Waals surface area (Å²) in [5, 5.41) is 12.0. The second kappa shape index (κ2) is 7.74. The smallest absolute Gasteiger partial charge is 0.273 e. The molecule has 0 radical (unpaired) electrons. The van der Waals surface area contributed by atoms with Gasteiger partial charge < -0.3 is 9.84 Å². The first-order valence-corrected chi connectivity index (χ1v) is 8.80. The van der Waals surface area contributed by atoms with Crippen molar-refractivity contribution in [3.8, 4) is 0 Å². The van der Waals surface area contributed by atoms with Crippen LogP contribution in [0.4, 0.5) is 0 Å². The topological polar surface area (TPSA) is 73.0 Å².